The summed E-state index contributed by atoms with van der Waals surface area (Å²) in [6.07, 6.45) is 1.55. The van der Waals surface area contributed by atoms with Crippen molar-refractivity contribution in [2.45, 2.75) is 23.2 Å². The summed E-state index contributed by atoms with van der Waals surface area (Å²) < 4.78 is 47.2. The minimum atomic E-state index is -3.96. The summed E-state index contributed by atoms with van der Waals surface area (Å²) in [6, 6.07) is 10.3. The molecule has 0 unspecified atom stereocenters. The van der Waals surface area contributed by atoms with E-state index in [1.54, 1.807) is 18.2 Å². The molecule has 0 bridgehead atoms. The van der Waals surface area contributed by atoms with Crippen molar-refractivity contribution >= 4 is 21.4 Å². The molecule has 1 aliphatic heterocycles. The highest BCUT2D eigenvalue weighted by Gasteiger charge is 2.46. The molecule has 1 N–H and O–H groups in total. The molecule has 30 heavy (non-hydrogen) atoms. The van der Waals surface area contributed by atoms with Crippen LogP contribution in [-0.2, 0) is 20.2 Å². The highest BCUT2D eigenvalue weighted by atomic mass is 32.2. The number of hydrogen-bond donors (Lipinski definition) is 1. The number of non-ortho nitro benzene ring substituents is 1. The first kappa shape index (κ1) is 20.7. The van der Waals surface area contributed by atoms with Crippen LogP contribution in [-0.4, -0.2) is 50.5 Å². The van der Waals surface area contributed by atoms with Crippen LogP contribution < -0.4 is 5.32 Å². The molecule has 8 nitrogen and oxygen atoms in total. The fourth-order valence-electron chi connectivity index (χ4n) is 3.76. The third-order valence-corrected chi connectivity index (χ3v) is 7.62. The number of sulfonamides is 1. The molecule has 160 valence electrons. The first-order valence-electron chi connectivity index (χ1n) is 9.69. The van der Waals surface area contributed by atoms with Gasteiger partial charge in [-0.2, -0.15) is 4.31 Å². The molecule has 0 atom stereocenters. The van der Waals surface area contributed by atoms with Crippen LogP contribution in [0.3, 0.4) is 0 Å². The molecule has 2 aliphatic rings. The number of nitro groups is 1. The van der Waals surface area contributed by atoms with E-state index in [0.29, 0.717) is 12.1 Å². The van der Waals surface area contributed by atoms with Gasteiger partial charge in [-0.05, 0) is 30.5 Å². The smallest absolute Gasteiger partial charge is 0.270 e. The molecule has 1 saturated heterocycles. The van der Waals surface area contributed by atoms with Gasteiger partial charge in [-0.25, -0.2) is 12.8 Å². The van der Waals surface area contributed by atoms with Gasteiger partial charge in [0.15, 0.2) is 0 Å². The van der Waals surface area contributed by atoms with E-state index in [1.165, 1.54) is 22.5 Å². The van der Waals surface area contributed by atoms with Crippen LogP contribution >= 0.6 is 0 Å². The van der Waals surface area contributed by atoms with Gasteiger partial charge in [0.1, 0.15) is 10.7 Å². The van der Waals surface area contributed by atoms with Gasteiger partial charge in [0.25, 0.3) is 5.69 Å². The van der Waals surface area contributed by atoms with Crippen LogP contribution in [0.5, 0.6) is 0 Å². The van der Waals surface area contributed by atoms with Gasteiger partial charge in [0, 0.05) is 37.2 Å². The van der Waals surface area contributed by atoms with Crippen LogP contribution in [0.15, 0.2) is 47.4 Å². The summed E-state index contributed by atoms with van der Waals surface area (Å²) >= 11 is 0. The van der Waals surface area contributed by atoms with Crippen molar-refractivity contribution in [3.8, 4) is 0 Å². The second-order valence-corrected chi connectivity index (χ2v) is 9.47. The van der Waals surface area contributed by atoms with Gasteiger partial charge in [0.2, 0.25) is 10.0 Å². The van der Waals surface area contributed by atoms with Crippen LogP contribution in [0.1, 0.15) is 18.4 Å². The first-order valence-corrected chi connectivity index (χ1v) is 11.1. The number of anilines is 1. The fraction of sp³-hybridized carbons (Fsp3) is 0.400. The number of nitrogens with one attached hydrogen (secondary N) is 1. The zero-order chi connectivity index (χ0) is 21.4. The zero-order valence-corrected chi connectivity index (χ0v) is 17.0. The number of morpholine rings is 1. The Morgan fingerprint density at radius 3 is 2.50 bits per heavy atom. The van der Waals surface area contributed by atoms with Crippen molar-refractivity contribution in [1.82, 2.24) is 4.31 Å². The van der Waals surface area contributed by atoms with Gasteiger partial charge in [-0.1, -0.05) is 18.2 Å². The molecule has 4 rings (SSSR count). The van der Waals surface area contributed by atoms with Crippen molar-refractivity contribution < 1.29 is 22.5 Å². The molecule has 0 radical (unpaired) electrons. The lowest BCUT2D eigenvalue weighted by Gasteiger charge is -2.27. The largest absolute Gasteiger partial charge is 0.383 e. The molecule has 0 spiro atoms. The minimum Gasteiger partial charge on any atom is -0.383 e. The number of nitrogens with zero attached hydrogens (tertiary/aromatic N) is 2. The lowest BCUT2D eigenvalue weighted by atomic mass is 9.95. The molecule has 10 heteroatoms. The second-order valence-electron chi connectivity index (χ2n) is 7.57. The summed E-state index contributed by atoms with van der Waals surface area (Å²) in [5.41, 5.74) is 0.155. The summed E-state index contributed by atoms with van der Waals surface area (Å²) in [6.45, 7) is 1.24. The maximum Gasteiger partial charge on any atom is 0.270 e. The summed E-state index contributed by atoms with van der Waals surface area (Å²) in [4.78, 5) is 10.5. The van der Waals surface area contributed by atoms with E-state index in [-0.39, 0.29) is 48.4 Å². The van der Waals surface area contributed by atoms with Gasteiger partial charge in [0.05, 0.1) is 23.8 Å². The normalized spacial score (nSPS) is 18.7. The zero-order valence-electron chi connectivity index (χ0n) is 16.2. The van der Waals surface area contributed by atoms with Crippen molar-refractivity contribution in [3.63, 3.8) is 0 Å². The van der Waals surface area contributed by atoms with Crippen LogP contribution in [0, 0.1) is 15.9 Å². The molecule has 1 heterocycles. The first-order chi connectivity index (χ1) is 14.3. The van der Waals surface area contributed by atoms with Crippen molar-refractivity contribution in [3.05, 3.63) is 64.0 Å². The fourth-order valence-corrected chi connectivity index (χ4v) is 5.35. The maximum atomic E-state index is 14.3. The lowest BCUT2D eigenvalue weighted by Crippen LogP contribution is -2.40. The van der Waals surface area contributed by atoms with Crippen molar-refractivity contribution in [1.29, 1.82) is 0 Å². The second kappa shape index (κ2) is 7.93. The SMILES string of the molecule is O=[N+]([O-])c1ccc(NCC2(c3ccccc3F)CC2)c(S(=O)(=O)N2CCOCC2)c1. The number of rotatable bonds is 7. The summed E-state index contributed by atoms with van der Waals surface area (Å²) in [7, 11) is -3.96. The van der Waals surface area contributed by atoms with Gasteiger partial charge < -0.3 is 10.1 Å². The molecule has 0 aromatic heterocycles. The van der Waals surface area contributed by atoms with E-state index in [9.17, 15) is 22.9 Å². The third kappa shape index (κ3) is 3.90. The number of ether oxygens (including phenoxy) is 1. The monoisotopic (exact) mass is 435 g/mol. The number of nitro benzene ring substituents is 1. The molecule has 1 aliphatic carbocycles. The van der Waals surface area contributed by atoms with Gasteiger partial charge in [-0.3, -0.25) is 10.1 Å². The van der Waals surface area contributed by atoms with Crippen LogP contribution in [0.25, 0.3) is 0 Å². The molecular weight excluding hydrogens is 413 g/mol. The van der Waals surface area contributed by atoms with Gasteiger partial charge in [-0.15, -0.1) is 0 Å². The molecule has 0 amide bonds. The summed E-state index contributed by atoms with van der Waals surface area (Å²) in [5, 5.41) is 14.4. The van der Waals surface area contributed by atoms with Crippen LogP contribution in [0.4, 0.5) is 15.8 Å². The van der Waals surface area contributed by atoms with E-state index in [0.717, 1.165) is 18.9 Å². The number of hydrogen-bond acceptors (Lipinski definition) is 6. The Balaban J connectivity index is 1.65. The van der Waals surface area contributed by atoms with Crippen molar-refractivity contribution in [2.75, 3.05) is 38.2 Å². The van der Waals surface area contributed by atoms with E-state index >= 15 is 0 Å². The molecule has 2 fully saturated rings. The Bertz CT molecular complexity index is 1070. The standard InChI is InChI=1S/C20H22FN3O5S/c21-17-4-2-1-3-16(17)20(7-8-20)14-22-18-6-5-15(24(25)26)13-19(18)30(27,28)23-9-11-29-12-10-23/h1-6,13,22H,7-12,14H2. The molecular formula is C20H22FN3O5S. The van der Waals surface area contributed by atoms with E-state index in [1.807, 2.05) is 0 Å². The van der Waals surface area contributed by atoms with Crippen molar-refractivity contribution in [2.24, 2.45) is 0 Å². The highest BCUT2D eigenvalue weighted by Crippen LogP contribution is 2.49. The Kier molecular flexibility index (Phi) is 5.48. The Morgan fingerprint density at radius 1 is 1.17 bits per heavy atom. The topological polar surface area (TPSA) is 102 Å². The predicted octanol–water partition coefficient (Wildman–Crippen LogP) is 2.90. The van der Waals surface area contributed by atoms with E-state index in [4.69, 9.17) is 4.74 Å². The van der Waals surface area contributed by atoms with Gasteiger partial charge >= 0.3 is 0 Å². The number of halogens is 1. The molecule has 1 saturated carbocycles. The van der Waals surface area contributed by atoms with E-state index < -0.39 is 20.4 Å². The Labute approximate surface area is 173 Å². The minimum absolute atomic E-state index is 0.150. The average Bonchev–Trinajstić information content (AvgIpc) is 3.54. The number of benzene rings is 2. The third-order valence-electron chi connectivity index (χ3n) is 5.68. The maximum absolute atomic E-state index is 14.3. The molecule has 2 aromatic rings. The lowest BCUT2D eigenvalue weighted by molar-refractivity contribution is -0.385. The quantitative estimate of drug-likeness (QED) is 0.530. The van der Waals surface area contributed by atoms with Crippen LogP contribution in [0.2, 0.25) is 0 Å². The Morgan fingerprint density at radius 2 is 1.87 bits per heavy atom. The Hall–Kier alpha value is -2.56. The summed E-state index contributed by atoms with van der Waals surface area (Å²) in [5.74, 6) is -0.290. The average molecular weight is 435 g/mol. The predicted molar refractivity (Wildman–Crippen MR) is 108 cm³/mol. The van der Waals surface area contributed by atoms with E-state index in [2.05, 4.69) is 5.32 Å². The molecule has 2 aromatic carbocycles. The highest BCUT2D eigenvalue weighted by molar-refractivity contribution is 7.89.